The zero-order valence-electron chi connectivity index (χ0n) is 19.9. The van der Waals surface area contributed by atoms with Crippen molar-refractivity contribution in [2.75, 3.05) is 38.2 Å². The lowest BCUT2D eigenvalue weighted by atomic mass is 10.1. The minimum atomic E-state index is -0.683. The summed E-state index contributed by atoms with van der Waals surface area (Å²) < 4.78 is 11.9. The van der Waals surface area contributed by atoms with Crippen LogP contribution in [0.5, 0.6) is 0 Å². The van der Waals surface area contributed by atoms with Crippen LogP contribution in [-0.4, -0.2) is 65.9 Å². The van der Waals surface area contributed by atoms with Crippen molar-refractivity contribution in [3.63, 3.8) is 0 Å². The van der Waals surface area contributed by atoms with Gasteiger partial charge in [0.2, 0.25) is 5.91 Å². The molecule has 9 nitrogen and oxygen atoms in total. The molecule has 0 radical (unpaired) electrons. The first-order chi connectivity index (χ1) is 17.5. The second-order valence-corrected chi connectivity index (χ2v) is 8.17. The molecule has 36 heavy (non-hydrogen) atoms. The van der Waals surface area contributed by atoms with Crippen molar-refractivity contribution >= 4 is 46.2 Å². The van der Waals surface area contributed by atoms with Gasteiger partial charge in [-0.25, -0.2) is 0 Å². The number of ether oxygens (including phenoxy) is 2. The Morgan fingerprint density at radius 3 is 2.53 bits per heavy atom. The van der Waals surface area contributed by atoms with Crippen molar-refractivity contribution in [3.05, 3.63) is 71.9 Å². The summed E-state index contributed by atoms with van der Waals surface area (Å²) in [6.07, 6.45) is 4.60. The van der Waals surface area contributed by atoms with Gasteiger partial charge in [0.05, 0.1) is 25.4 Å². The average Bonchev–Trinajstić information content (AvgIpc) is 3.25. The Hall–Kier alpha value is -4.24. The molecule has 186 valence electrons. The van der Waals surface area contributed by atoms with E-state index in [1.807, 2.05) is 30.3 Å². The van der Waals surface area contributed by atoms with E-state index in [4.69, 9.17) is 9.47 Å². The van der Waals surface area contributed by atoms with Crippen LogP contribution < -0.4 is 5.32 Å². The number of Topliss-reactive ketones (excluding diaryl/α,β-unsaturated/α-hetero) is 1. The second-order valence-electron chi connectivity index (χ2n) is 8.17. The van der Waals surface area contributed by atoms with Gasteiger partial charge in [0, 0.05) is 42.0 Å². The maximum atomic E-state index is 13.2. The normalized spacial score (nSPS) is 13.6. The Labute approximate surface area is 208 Å². The topological polar surface area (TPSA) is 107 Å². The number of nitrogens with zero attached hydrogens (tertiary/aromatic N) is 2. The smallest absolute Gasteiger partial charge is 0.325 e. The summed E-state index contributed by atoms with van der Waals surface area (Å²) in [6.45, 7) is 3.23. The highest BCUT2D eigenvalue weighted by atomic mass is 16.5. The van der Waals surface area contributed by atoms with E-state index in [2.05, 4.69) is 5.32 Å². The summed E-state index contributed by atoms with van der Waals surface area (Å²) in [4.78, 5) is 52.2. The molecule has 9 heteroatoms. The molecule has 0 atom stereocenters. The molecule has 4 rings (SSSR count). The lowest BCUT2D eigenvalue weighted by molar-refractivity contribution is -0.143. The third-order valence-corrected chi connectivity index (χ3v) is 5.72. The molecular formula is C27H27N3O6. The summed E-state index contributed by atoms with van der Waals surface area (Å²) in [6, 6.07) is 14.4. The summed E-state index contributed by atoms with van der Waals surface area (Å²) >= 11 is 0. The third-order valence-electron chi connectivity index (χ3n) is 5.72. The Balaban J connectivity index is 1.62. The van der Waals surface area contributed by atoms with Crippen molar-refractivity contribution in [3.8, 4) is 0 Å². The van der Waals surface area contributed by atoms with E-state index >= 15 is 0 Å². The van der Waals surface area contributed by atoms with Gasteiger partial charge >= 0.3 is 5.97 Å². The number of nitrogens with one attached hydrogen (secondary N) is 1. The van der Waals surface area contributed by atoms with Gasteiger partial charge in [-0.3, -0.25) is 19.2 Å². The summed E-state index contributed by atoms with van der Waals surface area (Å²) in [5.74, 6) is -2.12. The molecule has 0 unspecified atom stereocenters. The number of benzene rings is 2. The zero-order chi connectivity index (χ0) is 25.5. The van der Waals surface area contributed by atoms with E-state index in [0.717, 1.165) is 5.56 Å². The van der Waals surface area contributed by atoms with Crippen molar-refractivity contribution in [2.24, 2.45) is 0 Å². The molecule has 1 aliphatic rings. The Morgan fingerprint density at radius 1 is 1.06 bits per heavy atom. The number of rotatable bonds is 8. The highest BCUT2D eigenvalue weighted by Gasteiger charge is 2.28. The van der Waals surface area contributed by atoms with Crippen LogP contribution in [-0.2, 0) is 30.4 Å². The van der Waals surface area contributed by atoms with Crippen LogP contribution in [0, 0.1) is 0 Å². The number of aromatic nitrogens is 1. The molecule has 0 saturated carbocycles. The molecule has 0 aliphatic carbocycles. The molecule has 2 amide bonds. The first-order valence-electron chi connectivity index (χ1n) is 11.7. The Kier molecular flexibility index (Phi) is 7.92. The van der Waals surface area contributed by atoms with Crippen molar-refractivity contribution in [1.29, 1.82) is 0 Å². The fourth-order valence-electron chi connectivity index (χ4n) is 3.98. The van der Waals surface area contributed by atoms with Crippen LogP contribution in [0.2, 0.25) is 0 Å². The number of carbonyl (C=O) groups excluding carboxylic acids is 4. The van der Waals surface area contributed by atoms with Gasteiger partial charge in [-0.2, -0.15) is 0 Å². The van der Waals surface area contributed by atoms with E-state index in [9.17, 15) is 19.2 Å². The number of hydrogen-bond acceptors (Lipinski definition) is 6. The van der Waals surface area contributed by atoms with Crippen LogP contribution in [0.3, 0.4) is 0 Å². The van der Waals surface area contributed by atoms with Gasteiger partial charge in [-0.1, -0.05) is 30.3 Å². The van der Waals surface area contributed by atoms with E-state index in [1.165, 1.54) is 17.2 Å². The van der Waals surface area contributed by atoms with Gasteiger partial charge in [0.1, 0.15) is 6.54 Å². The Bertz CT molecular complexity index is 1310. The lowest BCUT2D eigenvalue weighted by Crippen LogP contribution is -2.44. The molecule has 0 bridgehead atoms. The molecular weight excluding hydrogens is 462 g/mol. The van der Waals surface area contributed by atoms with Crippen LogP contribution >= 0.6 is 0 Å². The monoisotopic (exact) mass is 489 g/mol. The first-order valence-corrected chi connectivity index (χ1v) is 11.7. The van der Waals surface area contributed by atoms with Crippen LogP contribution in [0.25, 0.3) is 17.0 Å². The number of amides is 2. The van der Waals surface area contributed by atoms with E-state index in [0.29, 0.717) is 42.9 Å². The van der Waals surface area contributed by atoms with Crippen molar-refractivity contribution in [2.45, 2.75) is 13.5 Å². The zero-order valence-corrected chi connectivity index (χ0v) is 19.9. The number of hydrogen-bond donors (Lipinski definition) is 1. The predicted octanol–water partition coefficient (Wildman–Crippen LogP) is 2.90. The maximum Gasteiger partial charge on any atom is 0.325 e. The van der Waals surface area contributed by atoms with E-state index in [-0.39, 0.29) is 24.6 Å². The molecule has 1 aromatic heterocycles. The minimum absolute atomic E-state index is 0.116. The quantitative estimate of drug-likeness (QED) is 0.226. The van der Waals surface area contributed by atoms with Crippen LogP contribution in [0.15, 0.2) is 60.8 Å². The van der Waals surface area contributed by atoms with Crippen molar-refractivity contribution < 1.29 is 28.7 Å². The van der Waals surface area contributed by atoms with Crippen LogP contribution in [0.1, 0.15) is 22.8 Å². The predicted molar refractivity (Wildman–Crippen MR) is 134 cm³/mol. The van der Waals surface area contributed by atoms with Crippen molar-refractivity contribution in [1.82, 2.24) is 9.47 Å². The SMILES string of the molecule is CCOC(=O)Cn1cc(C(=O)C(=O)N2CCOCC2)c2cc(NC(=O)/C=C/c3ccccc3)ccc21. The maximum absolute atomic E-state index is 13.2. The van der Waals surface area contributed by atoms with Gasteiger partial charge in [-0.05, 0) is 36.8 Å². The highest BCUT2D eigenvalue weighted by Crippen LogP contribution is 2.26. The highest BCUT2D eigenvalue weighted by molar-refractivity contribution is 6.45. The summed E-state index contributed by atoms with van der Waals surface area (Å²) in [5.41, 5.74) is 2.06. The van der Waals surface area contributed by atoms with Gasteiger partial charge in [0.15, 0.2) is 0 Å². The van der Waals surface area contributed by atoms with Gasteiger partial charge in [-0.15, -0.1) is 0 Å². The van der Waals surface area contributed by atoms with Crippen LogP contribution in [0.4, 0.5) is 5.69 Å². The fraction of sp³-hybridized carbons (Fsp3) is 0.259. The Morgan fingerprint density at radius 2 is 1.81 bits per heavy atom. The van der Waals surface area contributed by atoms with E-state index in [1.54, 1.807) is 35.8 Å². The average molecular weight is 490 g/mol. The molecule has 2 heterocycles. The molecule has 3 aromatic rings. The minimum Gasteiger partial charge on any atom is -0.465 e. The molecule has 0 spiro atoms. The van der Waals surface area contributed by atoms with Gasteiger partial charge < -0.3 is 24.3 Å². The first kappa shape index (κ1) is 24.9. The number of ketones is 1. The molecule has 1 fully saturated rings. The number of carbonyl (C=O) groups is 4. The second kappa shape index (κ2) is 11.5. The fourth-order valence-corrected chi connectivity index (χ4v) is 3.98. The lowest BCUT2D eigenvalue weighted by Gasteiger charge is -2.25. The molecule has 1 N–H and O–H groups in total. The third kappa shape index (κ3) is 5.87. The molecule has 1 aliphatic heterocycles. The molecule has 1 saturated heterocycles. The number of fused-ring (bicyclic) bond motifs is 1. The number of morpholine rings is 1. The molecule has 2 aromatic carbocycles. The largest absolute Gasteiger partial charge is 0.465 e. The van der Waals surface area contributed by atoms with Gasteiger partial charge in [0.25, 0.3) is 11.7 Å². The summed E-state index contributed by atoms with van der Waals surface area (Å²) in [7, 11) is 0. The summed E-state index contributed by atoms with van der Waals surface area (Å²) in [5, 5.41) is 3.24. The number of esters is 1. The standard InChI is InChI=1S/C27H27N3O6/c1-2-36-25(32)18-30-17-22(26(33)27(34)29-12-14-35-15-13-29)21-16-20(9-10-23(21)30)28-24(31)11-8-19-6-4-3-5-7-19/h3-11,16-17H,2,12-15,18H2,1H3,(H,28,31)/b11-8+. The van der Waals surface area contributed by atoms with E-state index < -0.39 is 17.7 Å². The number of anilines is 1.